The summed E-state index contributed by atoms with van der Waals surface area (Å²) in [5, 5.41) is 2.69. The van der Waals surface area contributed by atoms with E-state index in [1.807, 2.05) is 25.1 Å². The van der Waals surface area contributed by atoms with Gasteiger partial charge in [-0.25, -0.2) is 0 Å². The molecule has 0 spiro atoms. The zero-order valence-corrected chi connectivity index (χ0v) is 9.63. The van der Waals surface area contributed by atoms with Crippen LogP contribution in [0.4, 0.5) is 5.69 Å². The van der Waals surface area contributed by atoms with Gasteiger partial charge in [-0.05, 0) is 18.6 Å². The van der Waals surface area contributed by atoms with Crippen LogP contribution in [-0.2, 0) is 4.79 Å². The summed E-state index contributed by atoms with van der Waals surface area (Å²) in [5.41, 5.74) is 8.47. The van der Waals surface area contributed by atoms with Crippen LogP contribution >= 0.6 is 0 Å². The lowest BCUT2D eigenvalue weighted by atomic mass is 10.1. The Balaban J connectivity index is 2.60. The second-order valence-electron chi connectivity index (χ2n) is 3.57. The van der Waals surface area contributed by atoms with Crippen LogP contribution in [-0.4, -0.2) is 12.5 Å². The number of anilines is 1. The van der Waals surface area contributed by atoms with Gasteiger partial charge < -0.3 is 11.1 Å². The number of rotatable bonds is 2. The van der Waals surface area contributed by atoms with Crippen molar-refractivity contribution in [2.75, 3.05) is 12.3 Å². The Labute approximate surface area is 96.0 Å². The van der Waals surface area contributed by atoms with E-state index >= 15 is 0 Å². The molecule has 3 heteroatoms. The lowest BCUT2D eigenvalue weighted by molar-refractivity contribution is -0.118. The number of hydrogen-bond donors (Lipinski definition) is 2. The summed E-state index contributed by atoms with van der Waals surface area (Å²) < 4.78 is 0. The van der Waals surface area contributed by atoms with E-state index < -0.39 is 0 Å². The molecule has 1 aromatic carbocycles. The monoisotopic (exact) mass is 216 g/mol. The molecule has 0 unspecified atom stereocenters. The van der Waals surface area contributed by atoms with Gasteiger partial charge in [0.1, 0.15) is 0 Å². The number of carbonyl (C=O) groups is 1. The van der Waals surface area contributed by atoms with Crippen molar-refractivity contribution in [3.63, 3.8) is 0 Å². The average molecular weight is 216 g/mol. The lowest BCUT2D eigenvalue weighted by Crippen LogP contribution is -2.20. The van der Waals surface area contributed by atoms with Gasteiger partial charge in [0, 0.05) is 25.6 Å². The summed E-state index contributed by atoms with van der Waals surface area (Å²) in [4.78, 5) is 10.6. The van der Waals surface area contributed by atoms with Gasteiger partial charge in [0.05, 0.1) is 5.56 Å². The van der Waals surface area contributed by atoms with Gasteiger partial charge in [-0.15, -0.1) is 0 Å². The van der Waals surface area contributed by atoms with Crippen LogP contribution in [0.3, 0.4) is 0 Å². The predicted octanol–water partition coefficient (Wildman–Crippen LogP) is 1.45. The Morgan fingerprint density at radius 1 is 1.50 bits per heavy atom. The summed E-state index contributed by atoms with van der Waals surface area (Å²) in [5.74, 6) is 5.99. The maximum atomic E-state index is 10.6. The molecular weight excluding hydrogens is 200 g/mol. The molecule has 0 aliphatic heterocycles. The minimum absolute atomic E-state index is 0.0304. The Hall–Kier alpha value is -1.95. The van der Waals surface area contributed by atoms with Crippen LogP contribution in [0.5, 0.6) is 0 Å². The van der Waals surface area contributed by atoms with E-state index in [9.17, 15) is 4.79 Å². The number of carbonyl (C=O) groups excluding carboxylic acids is 1. The number of aryl methyl sites for hydroxylation is 1. The van der Waals surface area contributed by atoms with Gasteiger partial charge in [0.2, 0.25) is 5.91 Å². The summed E-state index contributed by atoms with van der Waals surface area (Å²) in [7, 11) is 0. The molecule has 0 aliphatic rings. The number of nitrogen functional groups attached to an aromatic ring is 1. The molecule has 0 bridgehead atoms. The van der Waals surface area contributed by atoms with Crippen molar-refractivity contribution >= 4 is 11.6 Å². The van der Waals surface area contributed by atoms with E-state index in [0.29, 0.717) is 18.7 Å². The van der Waals surface area contributed by atoms with Gasteiger partial charge in [0.15, 0.2) is 0 Å². The molecule has 0 heterocycles. The summed E-state index contributed by atoms with van der Waals surface area (Å²) in [6.07, 6.45) is 0.632. The number of benzene rings is 1. The molecule has 0 aromatic heterocycles. The molecule has 3 nitrogen and oxygen atoms in total. The van der Waals surface area contributed by atoms with Crippen LogP contribution in [0, 0.1) is 18.8 Å². The molecule has 0 fully saturated rings. The van der Waals surface area contributed by atoms with Crippen molar-refractivity contribution in [2.24, 2.45) is 0 Å². The first-order valence-electron chi connectivity index (χ1n) is 5.19. The fourth-order valence-corrected chi connectivity index (χ4v) is 1.31. The molecule has 0 atom stereocenters. The quantitative estimate of drug-likeness (QED) is 0.446. The number of nitrogens with two attached hydrogens (primary N) is 1. The fourth-order valence-electron chi connectivity index (χ4n) is 1.31. The molecule has 1 aromatic rings. The summed E-state index contributed by atoms with van der Waals surface area (Å²) in [6, 6.07) is 5.73. The summed E-state index contributed by atoms with van der Waals surface area (Å²) in [6.45, 7) is 4.05. The Bertz CT molecular complexity index is 421. The van der Waals surface area contributed by atoms with Crippen LogP contribution in [0.1, 0.15) is 24.5 Å². The molecule has 16 heavy (non-hydrogen) atoms. The molecule has 0 saturated carbocycles. The highest BCUT2D eigenvalue weighted by molar-refractivity contribution is 5.72. The first-order valence-corrected chi connectivity index (χ1v) is 5.19. The smallest absolute Gasteiger partial charge is 0.216 e. The Morgan fingerprint density at radius 2 is 2.25 bits per heavy atom. The SMILES string of the molecule is CC(=O)NCCC#Cc1c(C)cccc1N. The second kappa shape index (κ2) is 5.82. The topological polar surface area (TPSA) is 55.1 Å². The Morgan fingerprint density at radius 3 is 2.88 bits per heavy atom. The second-order valence-corrected chi connectivity index (χ2v) is 3.57. The third-order valence-electron chi connectivity index (χ3n) is 2.14. The normalized spacial score (nSPS) is 9.12. The van der Waals surface area contributed by atoms with Gasteiger partial charge >= 0.3 is 0 Å². The molecule has 1 amide bonds. The highest BCUT2D eigenvalue weighted by atomic mass is 16.1. The van der Waals surface area contributed by atoms with Crippen molar-refractivity contribution in [2.45, 2.75) is 20.3 Å². The Kier molecular flexibility index (Phi) is 4.41. The van der Waals surface area contributed by atoms with E-state index in [1.165, 1.54) is 6.92 Å². The van der Waals surface area contributed by atoms with Gasteiger partial charge in [0.25, 0.3) is 0 Å². The predicted molar refractivity (Wildman–Crippen MR) is 65.8 cm³/mol. The largest absolute Gasteiger partial charge is 0.398 e. The van der Waals surface area contributed by atoms with Crippen LogP contribution < -0.4 is 11.1 Å². The number of hydrogen-bond acceptors (Lipinski definition) is 2. The van der Waals surface area contributed by atoms with E-state index in [1.54, 1.807) is 0 Å². The fraction of sp³-hybridized carbons (Fsp3) is 0.308. The van der Waals surface area contributed by atoms with Crippen LogP contribution in [0.25, 0.3) is 0 Å². The van der Waals surface area contributed by atoms with Crippen molar-refractivity contribution in [3.05, 3.63) is 29.3 Å². The van der Waals surface area contributed by atoms with Crippen LogP contribution in [0.15, 0.2) is 18.2 Å². The molecule has 0 aliphatic carbocycles. The first-order chi connectivity index (χ1) is 7.61. The van der Waals surface area contributed by atoms with Crippen molar-refractivity contribution in [3.8, 4) is 11.8 Å². The number of nitrogens with one attached hydrogen (secondary N) is 1. The van der Waals surface area contributed by atoms with Gasteiger partial charge in [-0.3, -0.25) is 4.79 Å². The minimum Gasteiger partial charge on any atom is -0.398 e. The molecule has 0 saturated heterocycles. The third kappa shape index (κ3) is 3.66. The maximum absolute atomic E-state index is 10.6. The van der Waals surface area contributed by atoms with Crippen LogP contribution in [0.2, 0.25) is 0 Å². The highest BCUT2D eigenvalue weighted by Crippen LogP contribution is 2.14. The third-order valence-corrected chi connectivity index (χ3v) is 2.14. The highest BCUT2D eigenvalue weighted by Gasteiger charge is 1.97. The van der Waals surface area contributed by atoms with E-state index in [0.717, 1.165) is 11.1 Å². The average Bonchev–Trinajstić information content (AvgIpc) is 2.21. The molecule has 0 radical (unpaired) electrons. The first kappa shape index (κ1) is 12.1. The zero-order valence-electron chi connectivity index (χ0n) is 9.63. The van der Waals surface area contributed by atoms with Gasteiger partial charge in [-0.2, -0.15) is 0 Å². The van der Waals surface area contributed by atoms with Crippen molar-refractivity contribution < 1.29 is 4.79 Å². The van der Waals surface area contributed by atoms with Gasteiger partial charge in [-0.1, -0.05) is 24.0 Å². The molecule has 3 N–H and O–H groups in total. The van der Waals surface area contributed by atoms with Crippen molar-refractivity contribution in [1.82, 2.24) is 5.32 Å². The summed E-state index contributed by atoms with van der Waals surface area (Å²) >= 11 is 0. The molecule has 1 rings (SSSR count). The molecular formula is C13H16N2O. The zero-order chi connectivity index (χ0) is 12.0. The van der Waals surface area contributed by atoms with E-state index in [-0.39, 0.29) is 5.91 Å². The lowest BCUT2D eigenvalue weighted by Gasteiger charge is -2.01. The molecule has 84 valence electrons. The minimum atomic E-state index is -0.0304. The van der Waals surface area contributed by atoms with E-state index in [4.69, 9.17) is 5.73 Å². The standard InChI is InChI=1S/C13H16N2O/c1-10-6-5-8-13(14)12(10)7-3-4-9-15-11(2)16/h5-6,8H,4,9,14H2,1-2H3,(H,15,16). The maximum Gasteiger partial charge on any atom is 0.216 e. The number of amides is 1. The van der Waals surface area contributed by atoms with Crippen molar-refractivity contribution in [1.29, 1.82) is 0 Å². The van der Waals surface area contributed by atoms with E-state index in [2.05, 4.69) is 17.2 Å².